The van der Waals surface area contributed by atoms with E-state index in [1.807, 2.05) is 0 Å². The maximum atomic E-state index is 11.3. The standard InChI is InChI=1S/C10H15N3O3S/c1-17(14,15)13-10-7(4-11)5-12-6-9(10)16-8-2-3-8/h5-6,8H,2-4,11H2,1H3,(H,12,13). The van der Waals surface area contributed by atoms with Gasteiger partial charge in [0.15, 0.2) is 5.75 Å². The summed E-state index contributed by atoms with van der Waals surface area (Å²) < 4.78 is 30.6. The minimum Gasteiger partial charge on any atom is -0.487 e. The van der Waals surface area contributed by atoms with Gasteiger partial charge in [-0.05, 0) is 12.8 Å². The van der Waals surface area contributed by atoms with Gasteiger partial charge in [0.05, 0.1) is 24.2 Å². The van der Waals surface area contributed by atoms with Gasteiger partial charge in [-0.3, -0.25) is 9.71 Å². The van der Waals surface area contributed by atoms with Gasteiger partial charge in [0, 0.05) is 18.3 Å². The van der Waals surface area contributed by atoms with Crippen LogP contribution in [0.25, 0.3) is 0 Å². The Morgan fingerprint density at radius 2 is 2.24 bits per heavy atom. The first-order chi connectivity index (χ1) is 7.99. The lowest BCUT2D eigenvalue weighted by atomic mass is 10.2. The number of aromatic nitrogens is 1. The minimum atomic E-state index is -3.36. The molecule has 0 atom stereocenters. The summed E-state index contributed by atoms with van der Waals surface area (Å²) >= 11 is 0. The van der Waals surface area contributed by atoms with Crippen molar-refractivity contribution in [3.8, 4) is 5.75 Å². The van der Waals surface area contributed by atoms with E-state index in [1.165, 1.54) is 12.4 Å². The Hall–Kier alpha value is -1.34. The molecular weight excluding hydrogens is 242 g/mol. The lowest BCUT2D eigenvalue weighted by Crippen LogP contribution is -2.15. The van der Waals surface area contributed by atoms with Gasteiger partial charge in [0.2, 0.25) is 10.0 Å². The van der Waals surface area contributed by atoms with E-state index in [0.29, 0.717) is 17.0 Å². The monoisotopic (exact) mass is 257 g/mol. The number of nitrogens with two attached hydrogens (primary N) is 1. The van der Waals surface area contributed by atoms with Crippen LogP contribution in [0.1, 0.15) is 18.4 Å². The number of hydrogen-bond acceptors (Lipinski definition) is 5. The Labute approximate surface area is 100 Å². The zero-order chi connectivity index (χ0) is 12.5. The van der Waals surface area contributed by atoms with Crippen LogP contribution in [0.5, 0.6) is 5.75 Å². The highest BCUT2D eigenvalue weighted by atomic mass is 32.2. The molecule has 0 aliphatic heterocycles. The summed E-state index contributed by atoms with van der Waals surface area (Å²) in [5, 5.41) is 0. The number of ether oxygens (including phenoxy) is 1. The van der Waals surface area contributed by atoms with Gasteiger partial charge in [-0.15, -0.1) is 0 Å². The van der Waals surface area contributed by atoms with Crippen LogP contribution in [0, 0.1) is 0 Å². The Kier molecular flexibility index (Phi) is 3.21. The van der Waals surface area contributed by atoms with Crippen molar-refractivity contribution >= 4 is 15.7 Å². The van der Waals surface area contributed by atoms with Crippen LogP contribution in [-0.4, -0.2) is 25.8 Å². The largest absolute Gasteiger partial charge is 0.487 e. The Morgan fingerprint density at radius 3 is 2.76 bits per heavy atom. The van der Waals surface area contributed by atoms with Crippen molar-refractivity contribution in [2.75, 3.05) is 11.0 Å². The van der Waals surface area contributed by atoms with Gasteiger partial charge in [-0.25, -0.2) is 8.42 Å². The molecule has 0 amide bonds. The van der Waals surface area contributed by atoms with E-state index in [2.05, 4.69) is 9.71 Å². The molecule has 0 saturated heterocycles. The van der Waals surface area contributed by atoms with Crippen LogP contribution < -0.4 is 15.2 Å². The van der Waals surface area contributed by atoms with Crippen molar-refractivity contribution < 1.29 is 13.2 Å². The van der Waals surface area contributed by atoms with Gasteiger partial charge in [-0.2, -0.15) is 0 Å². The zero-order valence-corrected chi connectivity index (χ0v) is 10.3. The highest BCUT2D eigenvalue weighted by Gasteiger charge is 2.25. The molecule has 1 heterocycles. The number of rotatable bonds is 5. The molecule has 0 radical (unpaired) electrons. The van der Waals surface area contributed by atoms with Crippen molar-refractivity contribution in [1.82, 2.24) is 4.98 Å². The van der Waals surface area contributed by atoms with Crippen molar-refractivity contribution in [2.45, 2.75) is 25.5 Å². The molecule has 0 spiro atoms. The normalized spacial score (nSPS) is 15.6. The summed E-state index contributed by atoms with van der Waals surface area (Å²) in [5.41, 5.74) is 6.57. The maximum absolute atomic E-state index is 11.3. The molecule has 17 heavy (non-hydrogen) atoms. The lowest BCUT2D eigenvalue weighted by molar-refractivity contribution is 0.303. The number of hydrogen-bond donors (Lipinski definition) is 2. The molecule has 0 bridgehead atoms. The number of nitrogens with zero attached hydrogens (tertiary/aromatic N) is 1. The SMILES string of the molecule is CS(=O)(=O)Nc1c(CN)cncc1OC1CC1. The first-order valence-corrected chi connectivity index (χ1v) is 7.20. The Morgan fingerprint density at radius 1 is 1.53 bits per heavy atom. The predicted molar refractivity (Wildman–Crippen MR) is 64.2 cm³/mol. The van der Waals surface area contributed by atoms with Crippen LogP contribution in [-0.2, 0) is 16.6 Å². The summed E-state index contributed by atoms with van der Waals surface area (Å²) in [5.74, 6) is 0.445. The molecule has 1 aliphatic carbocycles. The fourth-order valence-electron chi connectivity index (χ4n) is 1.39. The van der Waals surface area contributed by atoms with E-state index in [1.54, 1.807) is 0 Å². The van der Waals surface area contributed by atoms with Crippen molar-refractivity contribution in [3.63, 3.8) is 0 Å². The highest BCUT2D eigenvalue weighted by Crippen LogP contribution is 2.33. The molecular formula is C10H15N3O3S. The lowest BCUT2D eigenvalue weighted by Gasteiger charge is -2.14. The zero-order valence-electron chi connectivity index (χ0n) is 9.51. The number of sulfonamides is 1. The number of pyridine rings is 1. The Bertz CT molecular complexity index is 512. The molecule has 1 aromatic rings. The van der Waals surface area contributed by atoms with E-state index in [9.17, 15) is 8.42 Å². The van der Waals surface area contributed by atoms with Crippen LogP contribution in [0.2, 0.25) is 0 Å². The third-order valence-electron chi connectivity index (χ3n) is 2.32. The van der Waals surface area contributed by atoms with Crippen molar-refractivity contribution in [2.24, 2.45) is 5.73 Å². The summed E-state index contributed by atoms with van der Waals surface area (Å²) in [6.07, 6.45) is 6.29. The molecule has 6 nitrogen and oxygen atoms in total. The van der Waals surface area contributed by atoms with Crippen LogP contribution in [0.15, 0.2) is 12.4 Å². The van der Waals surface area contributed by atoms with E-state index >= 15 is 0 Å². The summed E-state index contributed by atoms with van der Waals surface area (Å²) in [6.45, 7) is 0.201. The van der Waals surface area contributed by atoms with Crippen molar-refractivity contribution in [3.05, 3.63) is 18.0 Å². The van der Waals surface area contributed by atoms with E-state index < -0.39 is 10.0 Å². The Balaban J connectivity index is 2.35. The third-order valence-corrected chi connectivity index (χ3v) is 2.89. The molecule has 1 saturated carbocycles. The van der Waals surface area contributed by atoms with Crippen molar-refractivity contribution in [1.29, 1.82) is 0 Å². The second-order valence-corrected chi connectivity index (χ2v) is 5.82. The smallest absolute Gasteiger partial charge is 0.229 e. The molecule has 2 rings (SSSR count). The predicted octanol–water partition coefficient (Wildman–Crippen LogP) is 0.453. The van der Waals surface area contributed by atoms with Crippen LogP contribution in [0.4, 0.5) is 5.69 Å². The number of nitrogens with one attached hydrogen (secondary N) is 1. The van der Waals surface area contributed by atoms with Gasteiger partial charge in [0.1, 0.15) is 0 Å². The van der Waals surface area contributed by atoms with Gasteiger partial charge in [-0.1, -0.05) is 0 Å². The first-order valence-electron chi connectivity index (χ1n) is 5.31. The van der Waals surface area contributed by atoms with Gasteiger partial charge >= 0.3 is 0 Å². The molecule has 0 unspecified atom stereocenters. The second-order valence-electron chi connectivity index (χ2n) is 4.07. The molecule has 1 aliphatic rings. The molecule has 7 heteroatoms. The molecule has 1 fully saturated rings. The summed E-state index contributed by atoms with van der Waals surface area (Å²) in [4.78, 5) is 3.99. The third kappa shape index (κ3) is 3.31. The first kappa shape index (κ1) is 12.1. The summed E-state index contributed by atoms with van der Waals surface area (Å²) in [7, 11) is -3.36. The van der Waals surface area contributed by atoms with E-state index in [4.69, 9.17) is 10.5 Å². The maximum Gasteiger partial charge on any atom is 0.229 e. The average Bonchev–Trinajstić information content (AvgIpc) is 3.02. The quantitative estimate of drug-likeness (QED) is 0.798. The van der Waals surface area contributed by atoms with E-state index in [0.717, 1.165) is 19.1 Å². The van der Waals surface area contributed by atoms with Crippen LogP contribution >= 0.6 is 0 Å². The average molecular weight is 257 g/mol. The molecule has 3 N–H and O–H groups in total. The van der Waals surface area contributed by atoms with Gasteiger partial charge < -0.3 is 10.5 Å². The molecule has 94 valence electrons. The second kappa shape index (κ2) is 4.50. The topological polar surface area (TPSA) is 94.3 Å². The van der Waals surface area contributed by atoms with Gasteiger partial charge in [0.25, 0.3) is 0 Å². The van der Waals surface area contributed by atoms with E-state index in [-0.39, 0.29) is 12.6 Å². The fraction of sp³-hybridized carbons (Fsp3) is 0.500. The highest BCUT2D eigenvalue weighted by molar-refractivity contribution is 7.92. The summed E-state index contributed by atoms with van der Waals surface area (Å²) in [6, 6.07) is 0. The molecule has 0 aromatic carbocycles. The minimum absolute atomic E-state index is 0.171. The number of anilines is 1. The fourth-order valence-corrected chi connectivity index (χ4v) is 2.00. The molecule has 1 aromatic heterocycles. The van der Waals surface area contributed by atoms with Crippen LogP contribution in [0.3, 0.4) is 0 Å².